The summed E-state index contributed by atoms with van der Waals surface area (Å²) in [5.74, 6) is 0.720. The SMILES string of the molecule is CCc1ccc(CC)c(C(Br)C2C(C)(C)C2(C)C)c1. The van der Waals surface area contributed by atoms with Crippen LogP contribution in [0.3, 0.4) is 0 Å². The summed E-state index contributed by atoms with van der Waals surface area (Å²) in [6.45, 7) is 14.1. The molecule has 1 aromatic rings. The largest absolute Gasteiger partial charge is 0.0835 e. The smallest absolute Gasteiger partial charge is 0.0436 e. The first-order valence-electron chi connectivity index (χ1n) is 7.53. The molecule has 0 aromatic heterocycles. The van der Waals surface area contributed by atoms with E-state index in [0.717, 1.165) is 18.8 Å². The Morgan fingerprint density at radius 3 is 2.05 bits per heavy atom. The van der Waals surface area contributed by atoms with Crippen LogP contribution >= 0.6 is 15.9 Å². The van der Waals surface area contributed by atoms with Crippen LogP contribution in [0.4, 0.5) is 0 Å². The molecule has 1 atom stereocenters. The summed E-state index contributed by atoms with van der Waals surface area (Å²) in [4.78, 5) is 0.485. The van der Waals surface area contributed by atoms with Gasteiger partial charge in [0.25, 0.3) is 0 Å². The zero-order chi connectivity index (χ0) is 14.4. The van der Waals surface area contributed by atoms with E-state index in [2.05, 4.69) is 75.7 Å². The molecular weight excluding hydrogens is 296 g/mol. The molecule has 0 spiro atoms. The zero-order valence-electron chi connectivity index (χ0n) is 13.2. The van der Waals surface area contributed by atoms with E-state index in [1.807, 2.05) is 0 Å². The van der Waals surface area contributed by atoms with E-state index >= 15 is 0 Å². The first-order valence-corrected chi connectivity index (χ1v) is 8.44. The lowest BCUT2D eigenvalue weighted by molar-refractivity contribution is 0.457. The van der Waals surface area contributed by atoms with Crippen LogP contribution in [0, 0.1) is 16.7 Å². The van der Waals surface area contributed by atoms with E-state index in [1.165, 1.54) is 16.7 Å². The average molecular weight is 323 g/mol. The van der Waals surface area contributed by atoms with Crippen LogP contribution in [0.1, 0.15) is 63.1 Å². The van der Waals surface area contributed by atoms with Crippen molar-refractivity contribution < 1.29 is 0 Å². The number of alkyl halides is 1. The fraction of sp³-hybridized carbons (Fsp3) is 0.667. The molecule has 1 aliphatic rings. The predicted octanol–water partition coefficient (Wildman–Crippen LogP) is 5.93. The third-order valence-corrected chi connectivity index (χ3v) is 6.74. The van der Waals surface area contributed by atoms with Gasteiger partial charge in [0.1, 0.15) is 0 Å². The van der Waals surface area contributed by atoms with Gasteiger partial charge in [-0.1, -0.05) is 75.7 Å². The fourth-order valence-electron chi connectivity index (χ4n) is 3.60. The number of hydrogen-bond donors (Lipinski definition) is 0. The van der Waals surface area contributed by atoms with Crippen LogP contribution in [0.25, 0.3) is 0 Å². The third kappa shape index (κ3) is 2.28. The Labute approximate surface area is 127 Å². The number of hydrogen-bond acceptors (Lipinski definition) is 0. The number of halogens is 1. The van der Waals surface area contributed by atoms with Crippen LogP contribution < -0.4 is 0 Å². The molecule has 1 unspecified atom stereocenters. The molecule has 1 aromatic carbocycles. The minimum Gasteiger partial charge on any atom is -0.0835 e. The second kappa shape index (κ2) is 4.91. The van der Waals surface area contributed by atoms with Gasteiger partial charge in [-0.3, -0.25) is 0 Å². The van der Waals surface area contributed by atoms with Crippen LogP contribution in [-0.2, 0) is 12.8 Å². The highest BCUT2D eigenvalue weighted by atomic mass is 79.9. The molecule has 1 fully saturated rings. The highest BCUT2D eigenvalue weighted by Crippen LogP contribution is 2.74. The van der Waals surface area contributed by atoms with E-state index in [4.69, 9.17) is 0 Å². The Kier molecular flexibility index (Phi) is 3.90. The summed E-state index contributed by atoms with van der Waals surface area (Å²) in [5, 5.41) is 0. The average Bonchev–Trinajstić information content (AvgIpc) is 2.78. The fourth-order valence-corrected chi connectivity index (χ4v) is 5.35. The first kappa shape index (κ1) is 15.1. The molecule has 0 N–H and O–H groups in total. The van der Waals surface area contributed by atoms with Gasteiger partial charge in [-0.15, -0.1) is 0 Å². The van der Waals surface area contributed by atoms with Crippen LogP contribution in [0.5, 0.6) is 0 Å². The van der Waals surface area contributed by atoms with E-state index in [0.29, 0.717) is 15.7 Å². The molecule has 0 radical (unpaired) electrons. The van der Waals surface area contributed by atoms with Crippen molar-refractivity contribution in [3.8, 4) is 0 Å². The van der Waals surface area contributed by atoms with Crippen molar-refractivity contribution in [3.63, 3.8) is 0 Å². The van der Waals surface area contributed by atoms with Gasteiger partial charge in [-0.2, -0.15) is 0 Å². The van der Waals surface area contributed by atoms with Gasteiger partial charge in [-0.05, 0) is 46.3 Å². The maximum atomic E-state index is 4.02. The quantitative estimate of drug-likeness (QED) is 0.602. The Balaban J connectivity index is 2.37. The van der Waals surface area contributed by atoms with E-state index in [9.17, 15) is 0 Å². The van der Waals surface area contributed by atoms with Crippen molar-refractivity contribution in [2.75, 3.05) is 0 Å². The Bertz CT molecular complexity index is 457. The van der Waals surface area contributed by atoms with Crippen molar-refractivity contribution in [2.24, 2.45) is 16.7 Å². The standard InChI is InChI=1S/C18H27Br/c1-7-12-9-10-13(8-2)14(11-12)15(19)16-17(3,4)18(16,5)6/h9-11,15-16H,7-8H2,1-6H3. The molecule has 106 valence electrons. The predicted molar refractivity (Wildman–Crippen MR) is 87.9 cm³/mol. The van der Waals surface area contributed by atoms with Gasteiger partial charge < -0.3 is 0 Å². The van der Waals surface area contributed by atoms with Crippen molar-refractivity contribution in [1.29, 1.82) is 0 Å². The number of benzene rings is 1. The van der Waals surface area contributed by atoms with Gasteiger partial charge in [0.05, 0.1) is 0 Å². The summed E-state index contributed by atoms with van der Waals surface area (Å²) in [6.07, 6.45) is 2.24. The molecule has 0 heterocycles. The molecule has 2 rings (SSSR count). The summed E-state index contributed by atoms with van der Waals surface area (Å²) < 4.78 is 0. The number of aryl methyl sites for hydroxylation is 2. The second-order valence-corrected chi connectivity index (χ2v) is 8.05. The van der Waals surface area contributed by atoms with E-state index in [-0.39, 0.29) is 0 Å². The molecule has 1 saturated carbocycles. The molecular formula is C18H27Br. The van der Waals surface area contributed by atoms with Gasteiger partial charge in [-0.25, -0.2) is 0 Å². The van der Waals surface area contributed by atoms with Gasteiger partial charge in [0, 0.05) is 4.83 Å². The minimum absolute atomic E-state index is 0.425. The Morgan fingerprint density at radius 1 is 1.05 bits per heavy atom. The zero-order valence-corrected chi connectivity index (χ0v) is 14.8. The van der Waals surface area contributed by atoms with Gasteiger partial charge >= 0.3 is 0 Å². The van der Waals surface area contributed by atoms with Crippen LogP contribution in [-0.4, -0.2) is 0 Å². The highest BCUT2D eigenvalue weighted by Gasteiger charge is 2.66. The lowest BCUT2D eigenvalue weighted by atomic mass is 9.94. The monoisotopic (exact) mass is 322 g/mol. The van der Waals surface area contributed by atoms with Gasteiger partial charge in [0.2, 0.25) is 0 Å². The van der Waals surface area contributed by atoms with E-state index in [1.54, 1.807) is 0 Å². The summed E-state index contributed by atoms with van der Waals surface area (Å²) in [7, 11) is 0. The number of rotatable bonds is 4. The van der Waals surface area contributed by atoms with Crippen LogP contribution in [0.15, 0.2) is 18.2 Å². The topological polar surface area (TPSA) is 0 Å². The summed E-state index contributed by atoms with van der Waals surface area (Å²) in [5.41, 5.74) is 5.32. The molecule has 0 saturated heterocycles. The van der Waals surface area contributed by atoms with E-state index < -0.39 is 0 Å². The maximum Gasteiger partial charge on any atom is 0.0436 e. The third-order valence-electron chi connectivity index (χ3n) is 5.72. The Hall–Kier alpha value is -0.300. The van der Waals surface area contributed by atoms with Gasteiger partial charge in [0.15, 0.2) is 0 Å². The second-order valence-electron chi connectivity index (χ2n) is 7.06. The molecule has 0 nitrogen and oxygen atoms in total. The van der Waals surface area contributed by atoms with Crippen molar-refractivity contribution in [2.45, 2.75) is 59.2 Å². The van der Waals surface area contributed by atoms with Crippen molar-refractivity contribution >= 4 is 15.9 Å². The van der Waals surface area contributed by atoms with Crippen molar-refractivity contribution in [1.82, 2.24) is 0 Å². The molecule has 0 bridgehead atoms. The maximum absolute atomic E-state index is 4.02. The molecule has 0 amide bonds. The normalized spacial score (nSPS) is 22.3. The van der Waals surface area contributed by atoms with Crippen molar-refractivity contribution in [3.05, 3.63) is 34.9 Å². The first-order chi connectivity index (χ1) is 8.77. The lowest BCUT2D eigenvalue weighted by Crippen LogP contribution is -2.04. The molecule has 1 heteroatoms. The lowest BCUT2D eigenvalue weighted by Gasteiger charge is -2.18. The van der Waals surface area contributed by atoms with Crippen LogP contribution in [0.2, 0.25) is 0 Å². The highest BCUT2D eigenvalue weighted by molar-refractivity contribution is 9.09. The molecule has 0 aliphatic heterocycles. The summed E-state index contributed by atoms with van der Waals surface area (Å²) in [6, 6.07) is 7.03. The molecule has 1 aliphatic carbocycles. The molecule has 19 heavy (non-hydrogen) atoms. The Morgan fingerprint density at radius 2 is 1.63 bits per heavy atom. The summed E-state index contributed by atoms with van der Waals surface area (Å²) >= 11 is 4.02. The minimum atomic E-state index is 0.425.